The number of hydrogen-bond donors (Lipinski definition) is 2. The fourth-order valence-corrected chi connectivity index (χ4v) is 1.81. The monoisotopic (exact) mass is 266 g/mol. The Morgan fingerprint density at radius 2 is 1.58 bits per heavy atom. The Morgan fingerprint density at radius 3 is 2.11 bits per heavy atom. The number of aromatic nitrogens is 2. The number of hydrogen-bond acceptors (Lipinski definition) is 6. The maximum atomic E-state index is 6.07. The zero-order valence-corrected chi connectivity index (χ0v) is 12.7. The average Bonchev–Trinajstić information content (AvgIpc) is 2.34. The van der Waals surface area contributed by atoms with E-state index in [1.165, 1.54) is 0 Å². The van der Waals surface area contributed by atoms with E-state index in [4.69, 9.17) is 5.73 Å². The van der Waals surface area contributed by atoms with Crippen molar-refractivity contribution in [3.63, 3.8) is 0 Å². The van der Waals surface area contributed by atoms with Crippen molar-refractivity contribution < 1.29 is 0 Å². The number of likely N-dealkylation sites (N-methyl/N-ethyl adjacent to an activating group) is 2. The molecule has 3 N–H and O–H groups in total. The lowest BCUT2D eigenvalue weighted by molar-refractivity contribution is 0.404. The van der Waals surface area contributed by atoms with E-state index in [0.717, 1.165) is 37.2 Å². The Balaban J connectivity index is 2.96. The molecular formula is C13H26N6. The first-order valence-electron chi connectivity index (χ1n) is 6.56. The molecule has 108 valence electrons. The van der Waals surface area contributed by atoms with Crippen LogP contribution in [-0.4, -0.2) is 68.1 Å². The summed E-state index contributed by atoms with van der Waals surface area (Å²) in [4.78, 5) is 13.1. The Labute approximate surface area is 116 Å². The lowest BCUT2D eigenvalue weighted by atomic mass is 10.1. The van der Waals surface area contributed by atoms with Crippen molar-refractivity contribution in [2.24, 2.45) is 0 Å². The predicted octanol–water partition coefficient (Wildman–Crippen LogP) is 0.309. The minimum Gasteiger partial charge on any atom is -0.383 e. The number of nitrogens with one attached hydrogen (secondary N) is 1. The maximum Gasteiger partial charge on any atom is 0.224 e. The van der Waals surface area contributed by atoms with Crippen LogP contribution in [0.15, 0.2) is 0 Å². The molecule has 0 atom stereocenters. The lowest BCUT2D eigenvalue weighted by Crippen LogP contribution is -2.21. The highest BCUT2D eigenvalue weighted by atomic mass is 15.1. The molecule has 0 saturated carbocycles. The molecule has 0 bridgehead atoms. The quantitative estimate of drug-likeness (QED) is 0.740. The van der Waals surface area contributed by atoms with Gasteiger partial charge in [-0.25, -0.2) is 4.98 Å². The standard InChI is InChI=1S/C13H26N6/c1-15-13-16-11(7-9-19(4)5)10(12(14)17-13)6-8-18(2)3/h6-9H2,1-5H3,(H3,14,15,16,17). The number of nitrogens with zero attached hydrogens (tertiary/aromatic N) is 4. The number of rotatable bonds is 7. The molecule has 6 nitrogen and oxygen atoms in total. The van der Waals surface area contributed by atoms with Crippen LogP contribution in [0.25, 0.3) is 0 Å². The SMILES string of the molecule is CNc1nc(N)c(CCN(C)C)c(CCN(C)C)n1. The van der Waals surface area contributed by atoms with Crippen LogP contribution >= 0.6 is 0 Å². The fraction of sp³-hybridized carbons (Fsp3) is 0.692. The van der Waals surface area contributed by atoms with E-state index < -0.39 is 0 Å². The van der Waals surface area contributed by atoms with Gasteiger partial charge in [0.15, 0.2) is 0 Å². The number of anilines is 2. The second kappa shape index (κ2) is 7.25. The van der Waals surface area contributed by atoms with Gasteiger partial charge < -0.3 is 20.9 Å². The van der Waals surface area contributed by atoms with Gasteiger partial charge in [0, 0.05) is 32.1 Å². The molecule has 1 heterocycles. The summed E-state index contributed by atoms with van der Waals surface area (Å²) in [5.74, 6) is 1.19. The van der Waals surface area contributed by atoms with Crippen LogP contribution in [0.4, 0.5) is 11.8 Å². The molecule has 0 amide bonds. The third kappa shape index (κ3) is 5.00. The third-order valence-electron chi connectivity index (χ3n) is 2.95. The first kappa shape index (κ1) is 15.7. The topological polar surface area (TPSA) is 70.3 Å². The smallest absolute Gasteiger partial charge is 0.224 e. The molecule has 19 heavy (non-hydrogen) atoms. The van der Waals surface area contributed by atoms with Crippen LogP contribution in [-0.2, 0) is 12.8 Å². The van der Waals surface area contributed by atoms with Crippen LogP contribution in [0.5, 0.6) is 0 Å². The Kier molecular flexibility index (Phi) is 5.98. The number of nitrogen functional groups attached to an aromatic ring is 1. The minimum atomic E-state index is 0.593. The molecule has 0 aliphatic heterocycles. The van der Waals surface area contributed by atoms with Gasteiger partial charge in [0.2, 0.25) is 5.95 Å². The van der Waals surface area contributed by atoms with Crippen molar-refractivity contribution in [3.05, 3.63) is 11.3 Å². The van der Waals surface area contributed by atoms with Crippen LogP contribution in [0.1, 0.15) is 11.3 Å². The zero-order valence-electron chi connectivity index (χ0n) is 12.7. The van der Waals surface area contributed by atoms with E-state index in [1.54, 1.807) is 0 Å². The maximum absolute atomic E-state index is 6.07. The summed E-state index contributed by atoms with van der Waals surface area (Å²) in [6, 6.07) is 0. The first-order chi connectivity index (χ1) is 8.93. The zero-order chi connectivity index (χ0) is 14.4. The van der Waals surface area contributed by atoms with Crippen LogP contribution in [0.2, 0.25) is 0 Å². The normalized spacial score (nSPS) is 11.3. The van der Waals surface area contributed by atoms with Crippen molar-refractivity contribution in [2.45, 2.75) is 12.8 Å². The molecule has 0 aliphatic carbocycles. The highest BCUT2D eigenvalue weighted by Gasteiger charge is 2.12. The van der Waals surface area contributed by atoms with Gasteiger partial charge in [0.05, 0.1) is 5.69 Å². The summed E-state index contributed by atoms with van der Waals surface area (Å²) in [6.07, 6.45) is 1.77. The van der Waals surface area contributed by atoms with E-state index >= 15 is 0 Å². The molecule has 0 aliphatic rings. The fourth-order valence-electron chi connectivity index (χ4n) is 1.81. The molecule has 6 heteroatoms. The third-order valence-corrected chi connectivity index (χ3v) is 2.95. The van der Waals surface area contributed by atoms with E-state index in [0.29, 0.717) is 11.8 Å². The largest absolute Gasteiger partial charge is 0.383 e. The molecule has 1 rings (SSSR count). The van der Waals surface area contributed by atoms with Crippen molar-refractivity contribution in [1.29, 1.82) is 0 Å². The summed E-state index contributed by atoms with van der Waals surface area (Å²) >= 11 is 0. The van der Waals surface area contributed by atoms with Gasteiger partial charge in [0.1, 0.15) is 5.82 Å². The molecule has 0 radical (unpaired) electrons. The van der Waals surface area contributed by atoms with Crippen LogP contribution in [0, 0.1) is 0 Å². The van der Waals surface area contributed by atoms with Crippen molar-refractivity contribution in [3.8, 4) is 0 Å². The first-order valence-corrected chi connectivity index (χ1v) is 6.56. The second-order valence-corrected chi connectivity index (χ2v) is 5.21. The molecule has 0 spiro atoms. The highest BCUT2D eigenvalue weighted by molar-refractivity contribution is 5.47. The Bertz CT molecular complexity index is 402. The van der Waals surface area contributed by atoms with Crippen molar-refractivity contribution in [1.82, 2.24) is 19.8 Å². The van der Waals surface area contributed by atoms with E-state index in [2.05, 4.69) is 53.3 Å². The molecule has 0 unspecified atom stereocenters. The van der Waals surface area contributed by atoms with Gasteiger partial charge >= 0.3 is 0 Å². The molecule has 1 aromatic heterocycles. The highest BCUT2D eigenvalue weighted by Crippen LogP contribution is 2.17. The molecule has 1 aromatic rings. The van der Waals surface area contributed by atoms with Gasteiger partial charge in [-0.05, 0) is 34.6 Å². The van der Waals surface area contributed by atoms with E-state index in [1.807, 2.05) is 7.05 Å². The van der Waals surface area contributed by atoms with Gasteiger partial charge in [-0.1, -0.05) is 0 Å². The number of nitrogens with two attached hydrogens (primary N) is 1. The summed E-state index contributed by atoms with van der Waals surface area (Å²) < 4.78 is 0. The summed E-state index contributed by atoms with van der Waals surface area (Å²) in [5.41, 5.74) is 8.19. The van der Waals surface area contributed by atoms with Gasteiger partial charge in [-0.2, -0.15) is 4.98 Å². The van der Waals surface area contributed by atoms with Crippen molar-refractivity contribution in [2.75, 3.05) is 59.4 Å². The van der Waals surface area contributed by atoms with Crippen molar-refractivity contribution >= 4 is 11.8 Å². The minimum absolute atomic E-state index is 0.593. The molecule has 0 saturated heterocycles. The van der Waals surface area contributed by atoms with Crippen LogP contribution < -0.4 is 11.1 Å². The summed E-state index contributed by atoms with van der Waals surface area (Å²) in [5, 5.41) is 2.96. The Morgan fingerprint density at radius 1 is 1.00 bits per heavy atom. The van der Waals surface area contributed by atoms with Crippen LogP contribution in [0.3, 0.4) is 0 Å². The van der Waals surface area contributed by atoms with Gasteiger partial charge in [0.25, 0.3) is 0 Å². The molecule has 0 fully saturated rings. The van der Waals surface area contributed by atoms with E-state index in [9.17, 15) is 0 Å². The second-order valence-electron chi connectivity index (χ2n) is 5.21. The summed E-state index contributed by atoms with van der Waals surface area (Å²) in [6.45, 7) is 1.90. The summed E-state index contributed by atoms with van der Waals surface area (Å²) in [7, 11) is 10.0. The lowest BCUT2D eigenvalue weighted by Gasteiger charge is -2.16. The molecule has 0 aromatic carbocycles. The Hall–Kier alpha value is -1.40. The van der Waals surface area contributed by atoms with E-state index in [-0.39, 0.29) is 0 Å². The van der Waals surface area contributed by atoms with Gasteiger partial charge in [-0.15, -0.1) is 0 Å². The van der Waals surface area contributed by atoms with Gasteiger partial charge in [-0.3, -0.25) is 0 Å². The average molecular weight is 266 g/mol. The predicted molar refractivity (Wildman–Crippen MR) is 80.5 cm³/mol. The molecular weight excluding hydrogens is 240 g/mol.